The van der Waals surface area contributed by atoms with E-state index in [1.807, 2.05) is 62.2 Å². The molecule has 0 saturated heterocycles. The zero-order chi connectivity index (χ0) is 27.5. The topological polar surface area (TPSA) is 54.5 Å². The second-order valence-electron chi connectivity index (χ2n) is 9.99. The minimum absolute atomic E-state index is 0.00549. The van der Waals surface area contributed by atoms with Crippen molar-refractivity contribution in [1.29, 1.82) is 0 Å². The molecule has 204 valence electrons. The van der Waals surface area contributed by atoms with Crippen LogP contribution in [0.25, 0.3) is 21.2 Å². The molecule has 0 aliphatic heterocycles. The Morgan fingerprint density at radius 2 is 1.92 bits per heavy atom. The number of aromatic nitrogens is 1. The number of nitrogens with one attached hydrogen (secondary N) is 1. The number of pyridine rings is 1. The predicted octanol–water partition coefficient (Wildman–Crippen LogP) is 8.10. The molecule has 2 aromatic heterocycles. The normalized spacial score (nSPS) is 17.4. The largest absolute Gasteiger partial charge is 0.494 e. The molecule has 5 nitrogen and oxygen atoms in total. The highest BCUT2D eigenvalue weighted by Crippen LogP contribution is 2.38. The zero-order valence-electron chi connectivity index (χ0n) is 22.5. The third-order valence-corrected chi connectivity index (χ3v) is 9.86. The molecule has 1 amide bonds. The number of thiophene rings is 1. The summed E-state index contributed by atoms with van der Waals surface area (Å²) in [7, 11) is 2.02. The van der Waals surface area contributed by atoms with Crippen LogP contribution in [0.15, 0.2) is 54.6 Å². The van der Waals surface area contributed by atoms with Crippen molar-refractivity contribution in [1.82, 2.24) is 15.2 Å². The van der Waals surface area contributed by atoms with Crippen molar-refractivity contribution in [3.63, 3.8) is 0 Å². The Hall–Kier alpha value is -2.20. The summed E-state index contributed by atoms with van der Waals surface area (Å²) < 4.78 is 8.07. The number of benzene rings is 2. The number of carbonyl (C=O) groups excluding carboxylic acids is 1. The summed E-state index contributed by atoms with van der Waals surface area (Å²) in [6, 6.07) is 19.0. The molecule has 4 aromatic rings. The van der Waals surface area contributed by atoms with Gasteiger partial charge in [-0.05, 0) is 105 Å². The highest BCUT2D eigenvalue weighted by molar-refractivity contribution is 14.1. The molecule has 0 spiro atoms. The lowest BCUT2D eigenvalue weighted by atomic mass is 9.89. The molecule has 0 bridgehead atoms. The summed E-state index contributed by atoms with van der Waals surface area (Å²) in [6.07, 6.45) is 3.97. The number of aryl methyl sites for hydroxylation is 1. The van der Waals surface area contributed by atoms with E-state index in [9.17, 15) is 4.79 Å². The van der Waals surface area contributed by atoms with E-state index in [-0.39, 0.29) is 11.9 Å². The fourth-order valence-corrected chi connectivity index (χ4v) is 7.52. The number of ether oxygens (including phenoxy) is 1. The number of hydrogen-bond donors (Lipinski definition) is 1. The van der Waals surface area contributed by atoms with Crippen molar-refractivity contribution < 1.29 is 9.53 Å². The zero-order valence-corrected chi connectivity index (χ0v) is 26.2. The summed E-state index contributed by atoms with van der Waals surface area (Å²) in [6.45, 7) is 5.04. The maximum Gasteiger partial charge on any atom is 0.266 e. The lowest BCUT2D eigenvalue weighted by molar-refractivity contribution is 0.0604. The first-order chi connectivity index (χ1) is 18.9. The van der Waals surface area contributed by atoms with Gasteiger partial charge in [-0.1, -0.05) is 35.9 Å². The van der Waals surface area contributed by atoms with Crippen molar-refractivity contribution >= 4 is 61.5 Å². The van der Waals surface area contributed by atoms with Gasteiger partial charge in [-0.2, -0.15) is 0 Å². The van der Waals surface area contributed by atoms with E-state index in [1.165, 1.54) is 11.3 Å². The van der Waals surface area contributed by atoms with E-state index >= 15 is 0 Å². The van der Waals surface area contributed by atoms with Crippen molar-refractivity contribution in [2.75, 3.05) is 13.7 Å². The fraction of sp³-hybridized carbons (Fsp3) is 0.355. The molecule has 5 rings (SSSR count). The summed E-state index contributed by atoms with van der Waals surface area (Å²) in [5, 5.41) is 4.90. The first-order valence-corrected chi connectivity index (χ1v) is 15.7. The van der Waals surface area contributed by atoms with E-state index in [0.717, 1.165) is 67.6 Å². The van der Waals surface area contributed by atoms with Gasteiger partial charge in [0, 0.05) is 45.5 Å². The molecule has 0 unspecified atom stereocenters. The quantitative estimate of drug-likeness (QED) is 0.152. The molecular formula is C31H33ClIN3O2S. The highest BCUT2D eigenvalue weighted by Gasteiger charge is 2.32. The van der Waals surface area contributed by atoms with E-state index in [2.05, 4.69) is 51.1 Å². The second-order valence-corrected chi connectivity index (χ2v) is 12.5. The van der Waals surface area contributed by atoms with Gasteiger partial charge < -0.3 is 15.0 Å². The molecule has 1 saturated carbocycles. The van der Waals surface area contributed by atoms with Gasteiger partial charge in [-0.3, -0.25) is 4.79 Å². The van der Waals surface area contributed by atoms with Gasteiger partial charge in [-0.25, -0.2) is 4.98 Å². The van der Waals surface area contributed by atoms with Gasteiger partial charge in [0.25, 0.3) is 5.91 Å². The molecule has 1 fully saturated rings. The van der Waals surface area contributed by atoms with E-state index < -0.39 is 0 Å². The lowest BCUT2D eigenvalue weighted by Gasteiger charge is -2.37. The van der Waals surface area contributed by atoms with Crippen LogP contribution in [-0.4, -0.2) is 41.5 Å². The minimum Gasteiger partial charge on any atom is -0.494 e. The third-order valence-electron chi connectivity index (χ3n) is 7.60. The SMILES string of the molecule is CCOc1ccc(-c2ccc(I)nc2C)cc1CN(C(=O)c1sc2ccccc2c1Cl)C1CCC(NC)CC1. The van der Waals surface area contributed by atoms with Crippen molar-refractivity contribution in [3.8, 4) is 16.9 Å². The fourth-order valence-electron chi connectivity index (χ4n) is 5.51. The Morgan fingerprint density at radius 1 is 1.15 bits per heavy atom. The molecular weight excluding hydrogens is 641 g/mol. The molecule has 2 heterocycles. The number of fused-ring (bicyclic) bond motifs is 1. The monoisotopic (exact) mass is 673 g/mol. The molecule has 0 radical (unpaired) electrons. The molecule has 39 heavy (non-hydrogen) atoms. The highest BCUT2D eigenvalue weighted by atomic mass is 127. The van der Waals surface area contributed by atoms with Crippen molar-refractivity contribution in [2.24, 2.45) is 0 Å². The Balaban J connectivity index is 1.55. The average Bonchev–Trinajstić information content (AvgIpc) is 3.29. The minimum atomic E-state index is -0.00549. The Kier molecular flexibility index (Phi) is 9.11. The van der Waals surface area contributed by atoms with Gasteiger partial charge in [0.2, 0.25) is 0 Å². The molecule has 2 aromatic carbocycles. The van der Waals surface area contributed by atoms with Crippen LogP contribution in [0.1, 0.15) is 53.5 Å². The first-order valence-electron chi connectivity index (χ1n) is 13.4. The smallest absolute Gasteiger partial charge is 0.266 e. The Labute approximate surface area is 253 Å². The summed E-state index contributed by atoms with van der Waals surface area (Å²) in [5.41, 5.74) is 4.13. The number of hydrogen-bond acceptors (Lipinski definition) is 5. The average molecular weight is 674 g/mol. The number of rotatable bonds is 8. The number of amides is 1. The van der Waals surface area contributed by atoms with Crippen LogP contribution in [0.2, 0.25) is 5.02 Å². The maximum absolute atomic E-state index is 14.3. The summed E-state index contributed by atoms with van der Waals surface area (Å²) >= 11 is 10.5. The van der Waals surface area contributed by atoms with Crippen LogP contribution < -0.4 is 10.1 Å². The van der Waals surface area contributed by atoms with Gasteiger partial charge >= 0.3 is 0 Å². The predicted molar refractivity (Wildman–Crippen MR) is 170 cm³/mol. The van der Waals surface area contributed by atoms with Gasteiger partial charge in [0.15, 0.2) is 0 Å². The maximum atomic E-state index is 14.3. The third kappa shape index (κ3) is 6.11. The Morgan fingerprint density at radius 3 is 2.62 bits per heavy atom. The molecule has 1 aliphatic rings. The van der Waals surface area contributed by atoms with E-state index in [0.29, 0.717) is 29.1 Å². The standard InChI is InChI=1S/C31H33ClIN3O2S/c1-4-38-26-15-9-20(24-14-16-28(33)35-19(24)2)17-21(26)18-36(23-12-10-22(34-3)11-13-23)31(37)30-29(32)25-7-5-6-8-27(25)39-30/h5-9,14-17,22-23,34H,4,10-13,18H2,1-3H3. The van der Waals surface area contributed by atoms with Crippen molar-refractivity contribution in [2.45, 2.75) is 58.2 Å². The number of carbonyl (C=O) groups is 1. The van der Waals surface area contributed by atoms with Gasteiger partial charge in [-0.15, -0.1) is 11.3 Å². The van der Waals surface area contributed by atoms with Crippen LogP contribution in [0.3, 0.4) is 0 Å². The van der Waals surface area contributed by atoms with Crippen LogP contribution in [0.4, 0.5) is 0 Å². The van der Waals surface area contributed by atoms with E-state index in [4.69, 9.17) is 16.3 Å². The second kappa shape index (κ2) is 12.5. The van der Waals surface area contributed by atoms with Gasteiger partial charge in [0.05, 0.1) is 11.6 Å². The van der Waals surface area contributed by atoms with Crippen LogP contribution in [0.5, 0.6) is 5.75 Å². The molecule has 1 aliphatic carbocycles. The Bertz CT molecular complexity index is 1480. The lowest BCUT2D eigenvalue weighted by Crippen LogP contribution is -2.44. The summed E-state index contributed by atoms with van der Waals surface area (Å²) in [4.78, 5) is 21.6. The number of halogens is 2. The van der Waals surface area contributed by atoms with Gasteiger partial charge in [0.1, 0.15) is 14.3 Å². The van der Waals surface area contributed by atoms with Crippen LogP contribution in [0, 0.1) is 10.6 Å². The summed E-state index contributed by atoms with van der Waals surface area (Å²) in [5.74, 6) is 0.801. The number of nitrogens with zero attached hydrogens (tertiary/aromatic N) is 2. The first kappa shape index (κ1) is 28.3. The van der Waals surface area contributed by atoms with Crippen LogP contribution in [-0.2, 0) is 6.54 Å². The molecule has 0 atom stereocenters. The van der Waals surface area contributed by atoms with E-state index in [1.54, 1.807) is 0 Å². The van der Waals surface area contributed by atoms with Crippen molar-refractivity contribution in [3.05, 3.63) is 79.5 Å². The molecule has 8 heteroatoms. The molecule has 1 N–H and O–H groups in total. The van der Waals surface area contributed by atoms with Crippen LogP contribution >= 0.6 is 45.5 Å².